The second kappa shape index (κ2) is 11.8. The first-order chi connectivity index (χ1) is 16.1. The van der Waals surface area contributed by atoms with Crippen LogP contribution in [0, 0.1) is 0 Å². The number of piperidine rings is 1. The maximum absolute atomic E-state index is 12.3. The van der Waals surface area contributed by atoms with Gasteiger partial charge < -0.3 is 19.6 Å². The number of carbonyl (C=O) groups is 1. The van der Waals surface area contributed by atoms with E-state index in [1.165, 1.54) is 5.56 Å². The molecule has 33 heavy (non-hydrogen) atoms. The SMILES string of the molecule is O=C(C=Cc1ccccc1OCC(O)CN1CCC(c2ccc(Br)cc2)CC1)N1CCCC1. The molecule has 6 heteroatoms. The second-order valence-corrected chi connectivity index (χ2v) is 9.91. The van der Waals surface area contributed by atoms with Crippen molar-refractivity contribution < 1.29 is 14.6 Å². The molecule has 0 spiro atoms. The van der Waals surface area contributed by atoms with E-state index in [2.05, 4.69) is 45.1 Å². The third kappa shape index (κ3) is 6.92. The van der Waals surface area contributed by atoms with Crippen LogP contribution in [0.25, 0.3) is 6.08 Å². The van der Waals surface area contributed by atoms with Crippen LogP contribution in [-0.4, -0.2) is 66.2 Å². The van der Waals surface area contributed by atoms with E-state index in [0.29, 0.717) is 18.2 Å². The quantitative estimate of drug-likeness (QED) is 0.520. The zero-order chi connectivity index (χ0) is 23.0. The first-order valence-electron chi connectivity index (χ1n) is 11.9. The largest absolute Gasteiger partial charge is 0.490 e. The monoisotopic (exact) mass is 512 g/mol. The summed E-state index contributed by atoms with van der Waals surface area (Å²) in [5, 5.41) is 10.6. The molecule has 2 aromatic rings. The molecule has 0 saturated carbocycles. The predicted octanol–water partition coefficient (Wildman–Crippen LogP) is 4.70. The molecule has 0 bridgehead atoms. The molecular formula is C27H33BrN2O3. The van der Waals surface area contributed by atoms with Gasteiger partial charge in [0.2, 0.25) is 5.91 Å². The van der Waals surface area contributed by atoms with Crippen LogP contribution in [0.5, 0.6) is 5.75 Å². The van der Waals surface area contributed by atoms with Gasteiger partial charge in [0, 0.05) is 35.7 Å². The van der Waals surface area contributed by atoms with Gasteiger partial charge in [-0.3, -0.25) is 4.79 Å². The third-order valence-corrected chi connectivity index (χ3v) is 7.10. The average molecular weight is 513 g/mol. The Balaban J connectivity index is 1.23. The molecule has 2 aliphatic rings. The Labute approximate surface area is 205 Å². The molecule has 0 aromatic heterocycles. The molecular weight excluding hydrogens is 480 g/mol. The van der Waals surface area contributed by atoms with E-state index < -0.39 is 6.10 Å². The number of likely N-dealkylation sites (tertiary alicyclic amines) is 2. The molecule has 1 unspecified atom stereocenters. The summed E-state index contributed by atoms with van der Waals surface area (Å²) in [4.78, 5) is 16.5. The zero-order valence-electron chi connectivity index (χ0n) is 19.0. The lowest BCUT2D eigenvalue weighted by molar-refractivity contribution is -0.124. The second-order valence-electron chi connectivity index (χ2n) is 8.99. The van der Waals surface area contributed by atoms with Gasteiger partial charge in [0.05, 0.1) is 0 Å². The number of rotatable bonds is 8. The summed E-state index contributed by atoms with van der Waals surface area (Å²) in [5.74, 6) is 1.33. The number of ether oxygens (including phenoxy) is 1. The number of hydrogen-bond donors (Lipinski definition) is 1. The highest BCUT2D eigenvalue weighted by molar-refractivity contribution is 9.10. The van der Waals surface area contributed by atoms with Crippen LogP contribution in [0.4, 0.5) is 0 Å². The van der Waals surface area contributed by atoms with Crippen LogP contribution < -0.4 is 4.74 Å². The predicted molar refractivity (Wildman–Crippen MR) is 135 cm³/mol. The Morgan fingerprint density at radius 2 is 1.76 bits per heavy atom. The van der Waals surface area contributed by atoms with Crippen molar-refractivity contribution in [1.29, 1.82) is 0 Å². The highest BCUT2D eigenvalue weighted by Crippen LogP contribution is 2.29. The standard InChI is InChI=1S/C27H33BrN2O3/c28-24-10-7-21(8-11-24)22-13-17-29(18-14-22)19-25(31)20-33-26-6-2-1-5-23(26)9-12-27(32)30-15-3-4-16-30/h1-2,5-12,22,25,31H,3-4,13-20H2. The summed E-state index contributed by atoms with van der Waals surface area (Å²) in [6.07, 6.45) is 7.26. The number of para-hydroxylation sites is 1. The molecule has 5 nitrogen and oxygen atoms in total. The van der Waals surface area contributed by atoms with Crippen molar-refractivity contribution in [1.82, 2.24) is 9.80 Å². The summed E-state index contributed by atoms with van der Waals surface area (Å²) in [6, 6.07) is 16.3. The number of aliphatic hydroxyl groups excluding tert-OH is 1. The van der Waals surface area contributed by atoms with Gasteiger partial charge in [-0.15, -0.1) is 0 Å². The van der Waals surface area contributed by atoms with E-state index in [1.54, 1.807) is 6.08 Å². The molecule has 4 rings (SSSR count). The Hall–Kier alpha value is -2.15. The average Bonchev–Trinajstić information content (AvgIpc) is 3.38. The smallest absolute Gasteiger partial charge is 0.246 e. The van der Waals surface area contributed by atoms with Gasteiger partial charge in [-0.05, 0) is 74.5 Å². The Morgan fingerprint density at radius 1 is 1.06 bits per heavy atom. The number of carbonyl (C=O) groups excluding carboxylic acids is 1. The van der Waals surface area contributed by atoms with E-state index in [1.807, 2.05) is 35.2 Å². The lowest BCUT2D eigenvalue weighted by Gasteiger charge is -2.33. The maximum Gasteiger partial charge on any atom is 0.246 e. The molecule has 2 fully saturated rings. The fourth-order valence-corrected chi connectivity index (χ4v) is 4.94. The molecule has 1 N–H and O–H groups in total. The molecule has 0 radical (unpaired) electrons. The fourth-order valence-electron chi connectivity index (χ4n) is 4.67. The lowest BCUT2D eigenvalue weighted by atomic mass is 9.89. The van der Waals surface area contributed by atoms with E-state index in [0.717, 1.165) is 61.9 Å². The van der Waals surface area contributed by atoms with Crippen molar-refractivity contribution in [2.45, 2.75) is 37.7 Å². The van der Waals surface area contributed by atoms with Crippen molar-refractivity contribution in [3.8, 4) is 5.75 Å². The molecule has 2 heterocycles. The van der Waals surface area contributed by atoms with Crippen molar-refractivity contribution in [3.63, 3.8) is 0 Å². The van der Waals surface area contributed by atoms with Gasteiger partial charge in [0.15, 0.2) is 0 Å². The summed E-state index contributed by atoms with van der Waals surface area (Å²) in [5.41, 5.74) is 2.25. The van der Waals surface area contributed by atoms with Crippen LogP contribution in [0.1, 0.15) is 42.7 Å². The van der Waals surface area contributed by atoms with Gasteiger partial charge in [-0.25, -0.2) is 0 Å². The summed E-state index contributed by atoms with van der Waals surface area (Å²) >= 11 is 3.50. The minimum Gasteiger partial charge on any atom is -0.490 e. The van der Waals surface area contributed by atoms with Crippen LogP contribution in [-0.2, 0) is 4.79 Å². The van der Waals surface area contributed by atoms with Gasteiger partial charge in [-0.1, -0.05) is 46.3 Å². The number of amides is 1. The number of nitrogens with zero attached hydrogens (tertiary/aromatic N) is 2. The third-order valence-electron chi connectivity index (χ3n) is 6.57. The van der Waals surface area contributed by atoms with Crippen molar-refractivity contribution >= 4 is 27.9 Å². The number of β-amino-alcohol motifs (C(OH)–C–C–N with tert-alkyl or cyclic N) is 1. The maximum atomic E-state index is 12.3. The van der Waals surface area contributed by atoms with Crippen molar-refractivity contribution in [2.24, 2.45) is 0 Å². The van der Waals surface area contributed by atoms with Crippen LogP contribution in [0.2, 0.25) is 0 Å². The topological polar surface area (TPSA) is 53.0 Å². The molecule has 2 aromatic carbocycles. The minimum atomic E-state index is -0.558. The molecule has 2 aliphatic heterocycles. The van der Waals surface area contributed by atoms with Gasteiger partial charge in [-0.2, -0.15) is 0 Å². The molecule has 1 amide bonds. The van der Waals surface area contributed by atoms with Crippen LogP contribution in [0.3, 0.4) is 0 Å². The van der Waals surface area contributed by atoms with E-state index in [4.69, 9.17) is 4.74 Å². The fraction of sp³-hybridized carbons (Fsp3) is 0.444. The molecule has 2 saturated heterocycles. The van der Waals surface area contributed by atoms with Crippen LogP contribution >= 0.6 is 15.9 Å². The molecule has 176 valence electrons. The highest BCUT2D eigenvalue weighted by atomic mass is 79.9. The Bertz CT molecular complexity index is 933. The minimum absolute atomic E-state index is 0.0499. The highest BCUT2D eigenvalue weighted by Gasteiger charge is 2.22. The normalized spacial score (nSPS) is 18.7. The molecule has 1 atom stereocenters. The Kier molecular flexibility index (Phi) is 8.59. The molecule has 0 aliphatic carbocycles. The van der Waals surface area contributed by atoms with Gasteiger partial charge >= 0.3 is 0 Å². The number of hydrogen-bond acceptors (Lipinski definition) is 4. The van der Waals surface area contributed by atoms with Crippen molar-refractivity contribution in [2.75, 3.05) is 39.3 Å². The number of benzene rings is 2. The van der Waals surface area contributed by atoms with Crippen LogP contribution in [0.15, 0.2) is 59.1 Å². The first-order valence-corrected chi connectivity index (χ1v) is 12.7. The summed E-state index contributed by atoms with van der Waals surface area (Å²) in [6.45, 7) is 4.49. The summed E-state index contributed by atoms with van der Waals surface area (Å²) in [7, 11) is 0. The first kappa shape index (κ1) is 24.0. The Morgan fingerprint density at radius 3 is 2.48 bits per heavy atom. The van der Waals surface area contributed by atoms with E-state index in [9.17, 15) is 9.90 Å². The zero-order valence-corrected chi connectivity index (χ0v) is 20.6. The van der Waals surface area contributed by atoms with E-state index >= 15 is 0 Å². The van der Waals surface area contributed by atoms with Gasteiger partial charge in [0.1, 0.15) is 18.5 Å². The number of halogens is 1. The van der Waals surface area contributed by atoms with Crippen molar-refractivity contribution in [3.05, 3.63) is 70.2 Å². The summed E-state index contributed by atoms with van der Waals surface area (Å²) < 4.78 is 7.06. The van der Waals surface area contributed by atoms with E-state index in [-0.39, 0.29) is 12.5 Å². The lowest BCUT2D eigenvalue weighted by Crippen LogP contribution is -2.40. The van der Waals surface area contributed by atoms with Gasteiger partial charge in [0.25, 0.3) is 0 Å². The number of aliphatic hydroxyl groups is 1.